The summed E-state index contributed by atoms with van der Waals surface area (Å²) in [5.41, 5.74) is 1.14. The van der Waals surface area contributed by atoms with Gasteiger partial charge in [0, 0.05) is 12.6 Å². The molecule has 21 heavy (non-hydrogen) atoms. The van der Waals surface area contributed by atoms with E-state index in [0.29, 0.717) is 6.54 Å². The lowest BCUT2D eigenvalue weighted by Crippen LogP contribution is -2.29. The summed E-state index contributed by atoms with van der Waals surface area (Å²) in [7, 11) is 1.23. The minimum atomic E-state index is -0.930. The van der Waals surface area contributed by atoms with Crippen molar-refractivity contribution in [3.63, 3.8) is 0 Å². The molecule has 0 heterocycles. The van der Waals surface area contributed by atoms with E-state index in [9.17, 15) is 13.6 Å². The maximum atomic E-state index is 13.3. The van der Waals surface area contributed by atoms with E-state index in [1.807, 2.05) is 30.3 Å². The maximum absolute atomic E-state index is 13.3. The van der Waals surface area contributed by atoms with Crippen molar-refractivity contribution < 1.29 is 18.3 Å². The second-order valence-electron chi connectivity index (χ2n) is 4.53. The van der Waals surface area contributed by atoms with Crippen LogP contribution in [-0.2, 0) is 16.1 Å². The van der Waals surface area contributed by atoms with Crippen LogP contribution in [0.1, 0.15) is 17.2 Å². The minimum absolute atomic E-state index is 0.190. The lowest BCUT2D eigenvalue weighted by molar-refractivity contribution is -0.143. The van der Waals surface area contributed by atoms with E-state index in [-0.39, 0.29) is 5.56 Å². The Balaban J connectivity index is 2.20. The number of ether oxygens (including phenoxy) is 1. The number of rotatable bonds is 5. The van der Waals surface area contributed by atoms with E-state index >= 15 is 0 Å². The number of halogens is 2. The molecular weight excluding hydrogens is 276 g/mol. The van der Waals surface area contributed by atoms with Gasteiger partial charge < -0.3 is 4.74 Å². The highest BCUT2D eigenvalue weighted by Gasteiger charge is 2.22. The first-order chi connectivity index (χ1) is 10.1. The average Bonchev–Trinajstić information content (AvgIpc) is 2.47. The molecule has 0 saturated carbocycles. The standard InChI is InChI=1S/C16H15F2NO2/c1-21-16(20)15(12-7-13(17)9-14(18)8-12)19-10-11-5-3-2-4-6-11/h2-9,15,19H,10H2,1H3. The van der Waals surface area contributed by atoms with Crippen LogP contribution in [0.2, 0.25) is 0 Å². The molecule has 0 aliphatic heterocycles. The molecule has 0 aliphatic carbocycles. The fourth-order valence-electron chi connectivity index (χ4n) is 2.01. The van der Waals surface area contributed by atoms with Crippen molar-refractivity contribution >= 4 is 5.97 Å². The predicted molar refractivity (Wildman–Crippen MR) is 74.4 cm³/mol. The molecule has 5 heteroatoms. The smallest absolute Gasteiger partial charge is 0.327 e. The molecule has 0 amide bonds. The Morgan fingerprint density at radius 3 is 2.33 bits per heavy atom. The molecule has 1 unspecified atom stereocenters. The Morgan fingerprint density at radius 2 is 1.76 bits per heavy atom. The van der Waals surface area contributed by atoms with Crippen LogP contribution in [0.5, 0.6) is 0 Å². The summed E-state index contributed by atoms with van der Waals surface area (Å²) < 4.78 is 31.3. The van der Waals surface area contributed by atoms with E-state index < -0.39 is 23.6 Å². The molecule has 0 aliphatic rings. The Morgan fingerprint density at radius 1 is 1.14 bits per heavy atom. The van der Waals surface area contributed by atoms with Crippen LogP contribution in [0.3, 0.4) is 0 Å². The minimum Gasteiger partial charge on any atom is -0.468 e. The molecule has 3 nitrogen and oxygen atoms in total. The fraction of sp³-hybridized carbons (Fsp3) is 0.188. The van der Waals surface area contributed by atoms with Crippen molar-refractivity contribution in [1.29, 1.82) is 0 Å². The largest absolute Gasteiger partial charge is 0.468 e. The van der Waals surface area contributed by atoms with Crippen molar-refractivity contribution in [3.05, 3.63) is 71.3 Å². The van der Waals surface area contributed by atoms with Gasteiger partial charge in [-0.25, -0.2) is 13.6 Å². The summed E-state index contributed by atoms with van der Waals surface area (Å²) in [5.74, 6) is -2.07. The van der Waals surface area contributed by atoms with Gasteiger partial charge >= 0.3 is 5.97 Å². The maximum Gasteiger partial charge on any atom is 0.327 e. The van der Waals surface area contributed by atoms with Crippen molar-refractivity contribution in [2.75, 3.05) is 7.11 Å². The SMILES string of the molecule is COC(=O)C(NCc1ccccc1)c1cc(F)cc(F)c1. The van der Waals surface area contributed by atoms with E-state index in [0.717, 1.165) is 23.8 Å². The Labute approximate surface area is 121 Å². The first kappa shape index (κ1) is 15.1. The van der Waals surface area contributed by atoms with E-state index in [2.05, 4.69) is 10.1 Å². The molecule has 0 radical (unpaired) electrons. The van der Waals surface area contributed by atoms with Crippen LogP contribution in [0.4, 0.5) is 8.78 Å². The fourth-order valence-corrected chi connectivity index (χ4v) is 2.01. The van der Waals surface area contributed by atoms with Gasteiger partial charge in [0.05, 0.1) is 7.11 Å². The summed E-state index contributed by atoms with van der Waals surface area (Å²) in [6.45, 7) is 0.374. The molecule has 2 aromatic carbocycles. The highest BCUT2D eigenvalue weighted by atomic mass is 19.1. The number of carbonyl (C=O) groups excluding carboxylic acids is 1. The van der Waals surface area contributed by atoms with Crippen LogP contribution >= 0.6 is 0 Å². The third-order valence-electron chi connectivity index (χ3n) is 3.01. The first-order valence-electron chi connectivity index (χ1n) is 6.41. The molecule has 0 spiro atoms. The van der Waals surface area contributed by atoms with Gasteiger partial charge in [-0.1, -0.05) is 30.3 Å². The van der Waals surface area contributed by atoms with Gasteiger partial charge in [0.25, 0.3) is 0 Å². The van der Waals surface area contributed by atoms with Gasteiger partial charge in [0.2, 0.25) is 0 Å². The molecule has 2 aromatic rings. The van der Waals surface area contributed by atoms with Gasteiger partial charge in [-0.05, 0) is 23.3 Å². The highest BCUT2D eigenvalue weighted by molar-refractivity contribution is 5.77. The number of hydrogen-bond acceptors (Lipinski definition) is 3. The lowest BCUT2D eigenvalue weighted by Gasteiger charge is -2.17. The summed E-state index contributed by atoms with van der Waals surface area (Å²) in [4.78, 5) is 11.8. The number of nitrogens with one attached hydrogen (secondary N) is 1. The highest BCUT2D eigenvalue weighted by Crippen LogP contribution is 2.18. The molecule has 0 fully saturated rings. The topological polar surface area (TPSA) is 38.3 Å². The summed E-state index contributed by atoms with van der Waals surface area (Å²) in [5, 5.41) is 2.95. The van der Waals surface area contributed by atoms with Crippen molar-refractivity contribution in [2.45, 2.75) is 12.6 Å². The zero-order valence-corrected chi connectivity index (χ0v) is 11.5. The Kier molecular flexibility index (Phi) is 5.00. The van der Waals surface area contributed by atoms with Gasteiger partial charge in [-0.3, -0.25) is 5.32 Å². The Hall–Kier alpha value is -2.27. The molecule has 2 rings (SSSR count). The molecule has 110 valence electrons. The Bertz CT molecular complexity index is 597. The molecule has 0 aromatic heterocycles. The second-order valence-corrected chi connectivity index (χ2v) is 4.53. The quantitative estimate of drug-likeness (QED) is 0.861. The zero-order chi connectivity index (χ0) is 15.2. The van der Waals surface area contributed by atoms with Gasteiger partial charge in [-0.2, -0.15) is 0 Å². The normalized spacial score (nSPS) is 12.0. The first-order valence-corrected chi connectivity index (χ1v) is 6.41. The molecule has 0 saturated heterocycles. The van der Waals surface area contributed by atoms with Gasteiger partial charge in [0.15, 0.2) is 0 Å². The second kappa shape index (κ2) is 6.95. The van der Waals surface area contributed by atoms with Crippen LogP contribution in [0, 0.1) is 11.6 Å². The van der Waals surface area contributed by atoms with Gasteiger partial charge in [-0.15, -0.1) is 0 Å². The van der Waals surface area contributed by atoms with Gasteiger partial charge in [0.1, 0.15) is 17.7 Å². The van der Waals surface area contributed by atoms with Crippen LogP contribution in [0.15, 0.2) is 48.5 Å². The average molecular weight is 291 g/mol. The third-order valence-corrected chi connectivity index (χ3v) is 3.01. The summed E-state index contributed by atoms with van der Waals surface area (Å²) in [6.07, 6.45) is 0. The van der Waals surface area contributed by atoms with Crippen molar-refractivity contribution in [3.8, 4) is 0 Å². The molecule has 0 bridgehead atoms. The number of esters is 1. The van der Waals surface area contributed by atoms with Crippen molar-refractivity contribution in [2.24, 2.45) is 0 Å². The lowest BCUT2D eigenvalue weighted by atomic mass is 10.1. The van der Waals surface area contributed by atoms with E-state index in [4.69, 9.17) is 0 Å². The monoisotopic (exact) mass is 291 g/mol. The number of hydrogen-bond donors (Lipinski definition) is 1. The number of methoxy groups -OCH3 is 1. The van der Waals surface area contributed by atoms with Crippen LogP contribution < -0.4 is 5.32 Å². The predicted octanol–water partition coefficient (Wildman–Crippen LogP) is 2.97. The van der Waals surface area contributed by atoms with E-state index in [1.54, 1.807) is 0 Å². The molecule has 1 N–H and O–H groups in total. The molecular formula is C16H15F2NO2. The van der Waals surface area contributed by atoms with Crippen LogP contribution in [-0.4, -0.2) is 13.1 Å². The van der Waals surface area contributed by atoms with E-state index in [1.165, 1.54) is 7.11 Å². The number of benzene rings is 2. The van der Waals surface area contributed by atoms with Crippen LogP contribution in [0.25, 0.3) is 0 Å². The summed E-state index contributed by atoms with van der Waals surface area (Å²) in [6, 6.07) is 11.4. The van der Waals surface area contributed by atoms with Crippen molar-refractivity contribution in [1.82, 2.24) is 5.32 Å². The number of carbonyl (C=O) groups is 1. The molecule has 1 atom stereocenters. The summed E-state index contributed by atoms with van der Waals surface area (Å²) >= 11 is 0. The third kappa shape index (κ3) is 4.10. The zero-order valence-electron chi connectivity index (χ0n) is 11.5.